The Morgan fingerprint density at radius 3 is 1.38 bits per heavy atom. The Kier molecular flexibility index (Phi) is 10.1. The van der Waals surface area contributed by atoms with Gasteiger partial charge in [0.1, 0.15) is 8.64 Å². The molecule has 8 nitrogen and oxygen atoms in total. The van der Waals surface area contributed by atoms with Gasteiger partial charge in [-0.2, -0.15) is 0 Å². The zero-order valence-corrected chi connectivity index (χ0v) is 25.3. The summed E-state index contributed by atoms with van der Waals surface area (Å²) in [6.07, 6.45) is 0.200. The van der Waals surface area contributed by atoms with Crippen LogP contribution in [0.3, 0.4) is 0 Å². The largest absolute Gasteiger partial charge is 0.341 e. The van der Waals surface area contributed by atoms with Gasteiger partial charge in [0.2, 0.25) is 11.8 Å². The van der Waals surface area contributed by atoms with E-state index in [4.69, 9.17) is 24.4 Å². The van der Waals surface area contributed by atoms with Gasteiger partial charge in [-0.1, -0.05) is 109 Å². The van der Waals surface area contributed by atoms with E-state index >= 15 is 0 Å². The molecule has 0 saturated carbocycles. The molecule has 40 heavy (non-hydrogen) atoms. The van der Waals surface area contributed by atoms with Crippen LogP contribution in [0.15, 0.2) is 70.5 Å². The molecule has 2 aromatic carbocycles. The third-order valence-electron chi connectivity index (χ3n) is 6.38. The van der Waals surface area contributed by atoms with Crippen LogP contribution in [0, 0.1) is 0 Å². The van der Waals surface area contributed by atoms with Crippen LogP contribution in [-0.2, 0) is 32.3 Å². The summed E-state index contributed by atoms with van der Waals surface area (Å²) in [5, 5.41) is 0. The van der Waals surface area contributed by atoms with E-state index in [0.29, 0.717) is 21.7 Å². The molecule has 2 aliphatic heterocycles. The van der Waals surface area contributed by atoms with Gasteiger partial charge in [0.25, 0.3) is 11.8 Å². The highest BCUT2D eigenvalue weighted by molar-refractivity contribution is 8.29. The summed E-state index contributed by atoms with van der Waals surface area (Å²) < 4.78 is 0.586. The maximum absolute atomic E-state index is 13.2. The number of benzene rings is 2. The van der Waals surface area contributed by atoms with Crippen LogP contribution in [-0.4, -0.2) is 79.1 Å². The molecule has 0 N–H and O–H groups in total. The first-order valence-electron chi connectivity index (χ1n) is 12.5. The van der Waals surface area contributed by atoms with Crippen molar-refractivity contribution in [3.63, 3.8) is 0 Å². The topological polar surface area (TPSA) is 81.2 Å². The van der Waals surface area contributed by atoms with Gasteiger partial charge in [-0.3, -0.25) is 29.0 Å². The molecule has 2 aromatic rings. The maximum Gasteiger partial charge on any atom is 0.267 e. The lowest BCUT2D eigenvalue weighted by Gasteiger charge is -2.20. The molecule has 2 aliphatic rings. The van der Waals surface area contributed by atoms with Gasteiger partial charge >= 0.3 is 0 Å². The van der Waals surface area contributed by atoms with E-state index in [0.717, 1.165) is 34.7 Å². The summed E-state index contributed by atoms with van der Waals surface area (Å²) in [5.74, 6) is -1.06. The normalized spacial score (nSPS) is 17.1. The average Bonchev–Trinajstić information content (AvgIpc) is 3.39. The second kappa shape index (κ2) is 13.5. The summed E-state index contributed by atoms with van der Waals surface area (Å²) >= 11 is 12.9. The van der Waals surface area contributed by atoms with Crippen LogP contribution in [0.5, 0.6) is 0 Å². The smallest absolute Gasteiger partial charge is 0.267 e. The van der Waals surface area contributed by atoms with Gasteiger partial charge in [0, 0.05) is 53.1 Å². The minimum absolute atomic E-state index is 0.0998. The molecule has 0 unspecified atom stereocenters. The molecule has 4 rings (SSSR count). The predicted octanol–water partition coefficient (Wildman–Crippen LogP) is 4.02. The molecular weight excluding hydrogens is 585 g/mol. The van der Waals surface area contributed by atoms with E-state index in [2.05, 4.69) is 0 Å². The monoisotopic (exact) mass is 612 g/mol. The third kappa shape index (κ3) is 7.17. The van der Waals surface area contributed by atoms with Crippen LogP contribution < -0.4 is 0 Å². The zero-order chi connectivity index (χ0) is 28.8. The number of thioether (sulfide) groups is 2. The zero-order valence-electron chi connectivity index (χ0n) is 22.1. The molecule has 2 heterocycles. The Balaban J connectivity index is 1.33. The molecule has 0 aliphatic carbocycles. The van der Waals surface area contributed by atoms with E-state index in [9.17, 15) is 19.2 Å². The molecule has 2 saturated heterocycles. The lowest BCUT2D eigenvalue weighted by molar-refractivity contribution is -0.132. The molecule has 208 valence electrons. The molecular formula is C28H28N4O4S4. The van der Waals surface area contributed by atoms with Gasteiger partial charge in [-0.15, -0.1) is 0 Å². The van der Waals surface area contributed by atoms with Crippen LogP contribution in [0.4, 0.5) is 0 Å². The highest BCUT2D eigenvalue weighted by Crippen LogP contribution is 2.42. The Morgan fingerprint density at radius 1 is 0.675 bits per heavy atom. The Bertz CT molecular complexity index is 1260. The van der Waals surface area contributed by atoms with Crippen molar-refractivity contribution in [3.05, 3.63) is 81.6 Å². The molecule has 4 amide bonds. The molecule has 0 radical (unpaired) electrons. The number of hydrogen-bond donors (Lipinski definition) is 0. The number of hydrogen-bond acceptors (Lipinski definition) is 8. The first kappa shape index (κ1) is 29.9. The van der Waals surface area contributed by atoms with Crippen molar-refractivity contribution in [3.8, 4) is 0 Å². The van der Waals surface area contributed by atoms with Gasteiger partial charge in [0.15, 0.2) is 0 Å². The summed E-state index contributed by atoms with van der Waals surface area (Å²) in [6.45, 7) is 1.17. The van der Waals surface area contributed by atoms with E-state index in [-0.39, 0.29) is 47.6 Å². The van der Waals surface area contributed by atoms with Crippen molar-refractivity contribution in [1.29, 1.82) is 0 Å². The van der Waals surface area contributed by atoms with Crippen molar-refractivity contribution in [2.24, 2.45) is 0 Å². The summed E-state index contributed by atoms with van der Waals surface area (Å²) in [6, 6.07) is 19.3. The highest BCUT2D eigenvalue weighted by Gasteiger charge is 2.42. The van der Waals surface area contributed by atoms with Crippen LogP contribution in [0.2, 0.25) is 0 Å². The SMILES string of the molecule is CN(Cc1ccccc1)C(=O)CCN1C(=O)C(=C2SC(=S)N(CCC(=O)N(C)Cc3ccccc3)C2=O)SC1=S. The van der Waals surface area contributed by atoms with Crippen molar-refractivity contribution >= 4 is 80.2 Å². The first-order chi connectivity index (χ1) is 19.2. The van der Waals surface area contributed by atoms with Crippen molar-refractivity contribution in [2.75, 3.05) is 27.2 Å². The Hall–Kier alpha value is -3.06. The van der Waals surface area contributed by atoms with Gasteiger partial charge in [0.05, 0.1) is 9.81 Å². The number of thiocarbonyl (C=S) groups is 2. The quantitative estimate of drug-likeness (QED) is 0.294. The Morgan fingerprint density at radius 2 is 1.02 bits per heavy atom. The first-order valence-corrected chi connectivity index (χ1v) is 15.0. The van der Waals surface area contributed by atoms with E-state index < -0.39 is 11.8 Å². The van der Waals surface area contributed by atoms with Crippen LogP contribution in [0.25, 0.3) is 0 Å². The number of carbonyl (C=O) groups is 4. The number of amides is 4. The lowest BCUT2D eigenvalue weighted by Crippen LogP contribution is -2.35. The average molecular weight is 613 g/mol. The minimum atomic E-state index is -0.410. The fourth-order valence-electron chi connectivity index (χ4n) is 4.14. The lowest BCUT2D eigenvalue weighted by atomic mass is 10.2. The van der Waals surface area contributed by atoms with Gasteiger partial charge in [-0.05, 0) is 11.1 Å². The van der Waals surface area contributed by atoms with Gasteiger partial charge < -0.3 is 9.80 Å². The Labute approximate surface area is 252 Å². The van der Waals surface area contributed by atoms with E-state index in [1.165, 1.54) is 9.80 Å². The molecule has 0 aromatic heterocycles. The second-order valence-corrected chi connectivity index (χ2v) is 12.6. The molecule has 12 heteroatoms. The van der Waals surface area contributed by atoms with Crippen molar-refractivity contribution < 1.29 is 19.2 Å². The van der Waals surface area contributed by atoms with Crippen LogP contribution >= 0.6 is 48.0 Å². The number of nitrogens with zero attached hydrogens (tertiary/aromatic N) is 4. The number of carbonyl (C=O) groups excluding carboxylic acids is 4. The van der Waals surface area contributed by atoms with Crippen LogP contribution in [0.1, 0.15) is 24.0 Å². The van der Waals surface area contributed by atoms with Crippen molar-refractivity contribution in [2.45, 2.75) is 25.9 Å². The van der Waals surface area contributed by atoms with E-state index in [1.54, 1.807) is 23.9 Å². The molecule has 0 spiro atoms. The summed E-state index contributed by atoms with van der Waals surface area (Å²) in [7, 11) is 3.43. The maximum atomic E-state index is 13.2. The van der Waals surface area contributed by atoms with E-state index in [1.807, 2.05) is 60.7 Å². The molecule has 0 atom stereocenters. The fourth-order valence-corrected chi connectivity index (χ4v) is 6.91. The predicted molar refractivity (Wildman–Crippen MR) is 166 cm³/mol. The molecule has 2 fully saturated rings. The fraction of sp³-hybridized carbons (Fsp3) is 0.286. The second-order valence-electron chi connectivity index (χ2n) is 9.28. The number of rotatable bonds is 10. The minimum Gasteiger partial charge on any atom is -0.341 e. The third-order valence-corrected chi connectivity index (χ3v) is 9.41. The summed E-state index contributed by atoms with van der Waals surface area (Å²) in [5.41, 5.74) is 2.02. The van der Waals surface area contributed by atoms with Crippen molar-refractivity contribution in [1.82, 2.24) is 19.6 Å². The highest BCUT2D eigenvalue weighted by atomic mass is 32.2. The van der Waals surface area contributed by atoms with Gasteiger partial charge in [-0.25, -0.2) is 0 Å². The standard InChI is InChI=1S/C28H28N4O4S4/c1-29(17-19-9-5-3-6-10-19)21(33)13-15-31-25(35)23(39-27(31)37)24-26(36)32(28(38)40-24)16-14-22(34)30(2)18-20-11-7-4-8-12-20/h3-12H,13-18H2,1-2H3. The molecule has 0 bridgehead atoms. The summed E-state index contributed by atoms with van der Waals surface area (Å²) in [4.78, 5) is 58.1.